The van der Waals surface area contributed by atoms with Crippen LogP contribution in [0.4, 0.5) is 4.79 Å². The van der Waals surface area contributed by atoms with E-state index in [0.29, 0.717) is 0 Å². The van der Waals surface area contributed by atoms with Gasteiger partial charge in [0, 0.05) is 20.3 Å². The van der Waals surface area contributed by atoms with Crippen LogP contribution in [0.2, 0.25) is 0 Å². The Morgan fingerprint density at radius 1 is 1.43 bits per heavy atom. The molecule has 6 heteroatoms. The van der Waals surface area contributed by atoms with E-state index in [9.17, 15) is 4.79 Å². The summed E-state index contributed by atoms with van der Waals surface area (Å²) in [4.78, 5) is 16.0. The maximum atomic E-state index is 11.8. The van der Waals surface area contributed by atoms with E-state index in [2.05, 4.69) is 14.9 Å². The molecule has 1 N–H and O–H groups in total. The lowest BCUT2D eigenvalue weighted by Gasteiger charge is -2.22. The molecule has 0 bridgehead atoms. The first-order valence-electron chi connectivity index (χ1n) is 7.32. The molecule has 0 aliphatic heterocycles. The van der Waals surface area contributed by atoms with Crippen LogP contribution < -0.4 is 5.32 Å². The van der Waals surface area contributed by atoms with Crippen molar-refractivity contribution >= 4 is 6.09 Å². The van der Waals surface area contributed by atoms with E-state index in [-0.39, 0.29) is 6.04 Å². The number of ether oxygens (including phenoxy) is 2. The van der Waals surface area contributed by atoms with Crippen molar-refractivity contribution in [3.05, 3.63) is 18.2 Å². The third-order valence-corrected chi connectivity index (χ3v) is 2.92. The molecule has 0 saturated carbocycles. The van der Waals surface area contributed by atoms with Gasteiger partial charge in [-0.1, -0.05) is 0 Å². The molecule has 21 heavy (non-hydrogen) atoms. The topological polar surface area (TPSA) is 65.4 Å². The molecule has 1 amide bonds. The fraction of sp³-hybridized carbons (Fsp3) is 0.733. The summed E-state index contributed by atoms with van der Waals surface area (Å²) in [6.45, 7) is 9.08. The Morgan fingerprint density at radius 3 is 2.76 bits per heavy atom. The Morgan fingerprint density at radius 2 is 2.14 bits per heavy atom. The van der Waals surface area contributed by atoms with Gasteiger partial charge in [0.25, 0.3) is 0 Å². The van der Waals surface area contributed by atoms with Gasteiger partial charge in [-0.2, -0.15) is 0 Å². The standard InChI is InChI=1S/C15H27N3O3/c1-12(17-14(19)21-15(2,3)4)13-10-16-11-18(13)8-6-7-9-20-5/h10-12H,6-9H2,1-5H3,(H,17,19)/t12-/m0/s1. The molecule has 1 aromatic rings. The quantitative estimate of drug-likeness (QED) is 0.786. The summed E-state index contributed by atoms with van der Waals surface area (Å²) < 4.78 is 12.4. The van der Waals surface area contributed by atoms with Crippen molar-refractivity contribution in [2.45, 2.75) is 58.7 Å². The summed E-state index contributed by atoms with van der Waals surface area (Å²) >= 11 is 0. The summed E-state index contributed by atoms with van der Waals surface area (Å²) in [7, 11) is 1.70. The largest absolute Gasteiger partial charge is 0.444 e. The van der Waals surface area contributed by atoms with Gasteiger partial charge in [0.2, 0.25) is 0 Å². The molecule has 0 saturated heterocycles. The lowest BCUT2D eigenvalue weighted by atomic mass is 10.2. The number of imidazole rings is 1. The Balaban J connectivity index is 2.52. The number of amides is 1. The minimum absolute atomic E-state index is 0.148. The molecular weight excluding hydrogens is 270 g/mol. The zero-order valence-corrected chi connectivity index (χ0v) is 13.7. The first-order valence-corrected chi connectivity index (χ1v) is 7.32. The number of nitrogens with zero attached hydrogens (tertiary/aromatic N) is 2. The molecule has 120 valence electrons. The lowest BCUT2D eigenvalue weighted by molar-refractivity contribution is 0.0506. The van der Waals surface area contributed by atoms with E-state index < -0.39 is 11.7 Å². The average molecular weight is 297 g/mol. The van der Waals surface area contributed by atoms with E-state index in [1.165, 1.54) is 0 Å². The number of alkyl carbamates (subject to hydrolysis) is 1. The van der Waals surface area contributed by atoms with E-state index in [4.69, 9.17) is 9.47 Å². The van der Waals surface area contributed by atoms with E-state index >= 15 is 0 Å². The first kappa shape index (κ1) is 17.5. The number of unbranched alkanes of at least 4 members (excludes halogenated alkanes) is 1. The highest BCUT2D eigenvalue weighted by molar-refractivity contribution is 5.68. The lowest BCUT2D eigenvalue weighted by Crippen LogP contribution is -2.34. The zero-order valence-electron chi connectivity index (χ0n) is 13.7. The molecule has 0 fully saturated rings. The molecule has 0 unspecified atom stereocenters. The summed E-state index contributed by atoms with van der Waals surface area (Å²) in [6.07, 6.45) is 5.16. The second-order valence-corrected chi connectivity index (χ2v) is 6.08. The average Bonchev–Trinajstić information content (AvgIpc) is 2.80. The van der Waals surface area contributed by atoms with Gasteiger partial charge in [0.05, 0.1) is 24.3 Å². The fourth-order valence-corrected chi connectivity index (χ4v) is 1.97. The smallest absolute Gasteiger partial charge is 0.408 e. The van der Waals surface area contributed by atoms with Crippen LogP contribution >= 0.6 is 0 Å². The minimum atomic E-state index is -0.496. The Kier molecular flexibility index (Phi) is 6.68. The third-order valence-electron chi connectivity index (χ3n) is 2.92. The highest BCUT2D eigenvalue weighted by atomic mass is 16.6. The predicted molar refractivity (Wildman–Crippen MR) is 81.1 cm³/mol. The summed E-state index contributed by atoms with van der Waals surface area (Å²) in [6, 6.07) is -0.148. The van der Waals surface area contributed by atoms with Gasteiger partial charge < -0.3 is 19.4 Å². The molecule has 0 aromatic carbocycles. The normalized spacial score (nSPS) is 13.0. The van der Waals surface area contributed by atoms with Gasteiger partial charge in [-0.05, 0) is 40.5 Å². The third kappa shape index (κ3) is 6.62. The summed E-state index contributed by atoms with van der Waals surface area (Å²) in [5.41, 5.74) is 0.475. The van der Waals surface area contributed by atoms with Gasteiger partial charge in [0.1, 0.15) is 5.60 Å². The predicted octanol–water partition coefficient (Wildman–Crippen LogP) is 2.90. The van der Waals surface area contributed by atoms with E-state index in [0.717, 1.165) is 31.7 Å². The number of hydrogen-bond acceptors (Lipinski definition) is 4. The molecule has 0 spiro atoms. The van der Waals surface area contributed by atoms with E-state index in [1.54, 1.807) is 19.6 Å². The van der Waals surface area contributed by atoms with E-state index in [1.807, 2.05) is 27.7 Å². The van der Waals surface area contributed by atoms with Crippen molar-refractivity contribution in [3.63, 3.8) is 0 Å². The van der Waals surface area contributed by atoms with Crippen LogP contribution in [0.5, 0.6) is 0 Å². The van der Waals surface area contributed by atoms with Gasteiger partial charge in [-0.15, -0.1) is 0 Å². The Labute approximate surface area is 126 Å². The van der Waals surface area contributed by atoms with Crippen LogP contribution in [0, 0.1) is 0 Å². The first-order chi connectivity index (χ1) is 9.83. The van der Waals surface area contributed by atoms with Gasteiger partial charge >= 0.3 is 6.09 Å². The number of carbonyl (C=O) groups is 1. The second kappa shape index (κ2) is 8.02. The molecule has 1 heterocycles. The van der Waals surface area contributed by atoms with Crippen molar-refractivity contribution in [2.24, 2.45) is 0 Å². The zero-order chi connectivity index (χ0) is 15.9. The Bertz CT molecular complexity index is 438. The number of nitrogens with one attached hydrogen (secondary N) is 1. The van der Waals surface area contributed by atoms with Crippen LogP contribution in [0.3, 0.4) is 0 Å². The molecule has 1 rings (SSSR count). The summed E-state index contributed by atoms with van der Waals surface area (Å²) in [5.74, 6) is 0. The van der Waals surface area contributed by atoms with Crippen molar-refractivity contribution in [2.75, 3.05) is 13.7 Å². The highest BCUT2D eigenvalue weighted by Gasteiger charge is 2.19. The Hall–Kier alpha value is -1.56. The van der Waals surface area contributed by atoms with Crippen LogP contribution in [0.15, 0.2) is 12.5 Å². The van der Waals surface area contributed by atoms with Crippen LogP contribution in [0.1, 0.15) is 52.3 Å². The SMILES string of the molecule is COCCCCn1cncc1[C@H](C)NC(=O)OC(C)(C)C. The molecule has 0 aliphatic carbocycles. The molecule has 1 atom stereocenters. The summed E-state index contributed by atoms with van der Waals surface area (Å²) in [5, 5.41) is 2.83. The highest BCUT2D eigenvalue weighted by Crippen LogP contribution is 2.14. The number of carbonyl (C=O) groups excluding carboxylic acids is 1. The molecule has 0 aliphatic rings. The van der Waals surface area contributed by atoms with Crippen molar-refractivity contribution in [1.29, 1.82) is 0 Å². The minimum Gasteiger partial charge on any atom is -0.444 e. The van der Waals surface area contributed by atoms with Gasteiger partial charge in [0.15, 0.2) is 0 Å². The van der Waals surface area contributed by atoms with Crippen LogP contribution in [0.25, 0.3) is 0 Å². The van der Waals surface area contributed by atoms with Crippen LogP contribution in [-0.4, -0.2) is 35.0 Å². The molecule has 1 aromatic heterocycles. The van der Waals surface area contributed by atoms with Crippen molar-refractivity contribution in [1.82, 2.24) is 14.9 Å². The van der Waals surface area contributed by atoms with Crippen molar-refractivity contribution in [3.8, 4) is 0 Å². The maximum Gasteiger partial charge on any atom is 0.408 e. The molecular formula is C15H27N3O3. The number of methoxy groups -OCH3 is 1. The number of hydrogen-bond donors (Lipinski definition) is 1. The monoisotopic (exact) mass is 297 g/mol. The maximum absolute atomic E-state index is 11.8. The van der Waals surface area contributed by atoms with Crippen molar-refractivity contribution < 1.29 is 14.3 Å². The molecule has 6 nitrogen and oxygen atoms in total. The van der Waals surface area contributed by atoms with Gasteiger partial charge in [-0.3, -0.25) is 0 Å². The number of rotatable bonds is 7. The number of aryl methyl sites for hydroxylation is 1. The fourth-order valence-electron chi connectivity index (χ4n) is 1.97. The van der Waals surface area contributed by atoms with Crippen LogP contribution in [-0.2, 0) is 16.0 Å². The second-order valence-electron chi connectivity index (χ2n) is 6.08. The molecule has 0 radical (unpaired) electrons. The van der Waals surface area contributed by atoms with Gasteiger partial charge in [-0.25, -0.2) is 9.78 Å². The number of aromatic nitrogens is 2.